The van der Waals surface area contributed by atoms with Crippen LogP contribution in [0.2, 0.25) is 5.02 Å². The zero-order chi connectivity index (χ0) is 15.2. The van der Waals surface area contributed by atoms with Gasteiger partial charge in [-0.3, -0.25) is 0 Å². The highest BCUT2D eigenvalue weighted by atomic mass is 35.5. The number of ether oxygens (including phenoxy) is 1. The number of aliphatic hydroxyl groups is 1. The molecule has 2 aromatic rings. The molecule has 0 fully saturated rings. The van der Waals surface area contributed by atoms with Crippen molar-refractivity contribution < 1.29 is 14.2 Å². The van der Waals surface area contributed by atoms with Crippen molar-refractivity contribution in [3.05, 3.63) is 64.4 Å². The van der Waals surface area contributed by atoms with Crippen molar-refractivity contribution >= 4 is 11.6 Å². The number of hydrogen-bond acceptors (Lipinski definition) is 2. The molecule has 1 N–H and O–H groups in total. The van der Waals surface area contributed by atoms with E-state index in [0.717, 1.165) is 11.3 Å². The minimum Gasteiger partial charge on any atom is -0.496 e. The monoisotopic (exact) mass is 308 g/mol. The van der Waals surface area contributed by atoms with E-state index >= 15 is 0 Å². The van der Waals surface area contributed by atoms with Crippen LogP contribution in [-0.4, -0.2) is 18.8 Å². The Morgan fingerprint density at radius 1 is 1.10 bits per heavy atom. The normalized spacial score (nSPS) is 12.2. The van der Waals surface area contributed by atoms with Gasteiger partial charge in [-0.15, -0.1) is 0 Å². The smallest absolute Gasteiger partial charge is 0.142 e. The Morgan fingerprint density at radius 2 is 1.76 bits per heavy atom. The summed E-state index contributed by atoms with van der Waals surface area (Å²) >= 11 is 5.97. The summed E-state index contributed by atoms with van der Waals surface area (Å²) in [7, 11) is 1.62. The third-order valence-electron chi connectivity index (χ3n) is 3.50. The van der Waals surface area contributed by atoms with Crippen LogP contribution < -0.4 is 4.74 Å². The molecule has 0 heterocycles. The van der Waals surface area contributed by atoms with Gasteiger partial charge in [-0.25, -0.2) is 4.39 Å². The van der Waals surface area contributed by atoms with Gasteiger partial charge in [0.1, 0.15) is 11.6 Å². The molecule has 21 heavy (non-hydrogen) atoms. The molecule has 0 aromatic heterocycles. The van der Waals surface area contributed by atoms with Crippen molar-refractivity contribution in [1.82, 2.24) is 0 Å². The van der Waals surface area contributed by atoms with Gasteiger partial charge in [-0.05, 0) is 42.0 Å². The van der Waals surface area contributed by atoms with E-state index in [1.54, 1.807) is 19.2 Å². The molecule has 2 rings (SSSR count). The first-order valence-corrected chi connectivity index (χ1v) is 7.19. The van der Waals surface area contributed by atoms with Gasteiger partial charge in [0, 0.05) is 6.61 Å². The Hall–Kier alpha value is -1.58. The molecule has 0 aliphatic carbocycles. The summed E-state index contributed by atoms with van der Waals surface area (Å²) in [6.45, 7) is 0.00485. The fourth-order valence-electron chi connectivity index (χ4n) is 2.40. The summed E-state index contributed by atoms with van der Waals surface area (Å²) in [4.78, 5) is 0. The summed E-state index contributed by atoms with van der Waals surface area (Å²) in [5, 5.41) is 9.73. The zero-order valence-electron chi connectivity index (χ0n) is 11.9. The Balaban J connectivity index is 2.15. The number of methoxy groups -OCH3 is 1. The lowest BCUT2D eigenvalue weighted by Crippen LogP contribution is -2.14. The summed E-state index contributed by atoms with van der Waals surface area (Å²) in [6, 6.07) is 12.4. The third-order valence-corrected chi connectivity index (χ3v) is 3.92. The van der Waals surface area contributed by atoms with Gasteiger partial charge in [0.05, 0.1) is 12.1 Å². The second kappa shape index (κ2) is 7.43. The molecule has 0 saturated heterocycles. The molecule has 4 heteroatoms. The highest BCUT2D eigenvalue weighted by molar-refractivity contribution is 6.31. The summed E-state index contributed by atoms with van der Waals surface area (Å²) in [5.74, 6) is 0.324. The van der Waals surface area contributed by atoms with Crippen LogP contribution in [0.5, 0.6) is 5.75 Å². The van der Waals surface area contributed by atoms with Crippen molar-refractivity contribution in [2.24, 2.45) is 5.92 Å². The van der Waals surface area contributed by atoms with Crippen LogP contribution in [0.1, 0.15) is 11.1 Å². The van der Waals surface area contributed by atoms with E-state index in [1.807, 2.05) is 24.3 Å². The molecule has 0 amide bonds. The number of rotatable bonds is 6. The minimum atomic E-state index is -0.428. The van der Waals surface area contributed by atoms with Crippen LogP contribution in [0.3, 0.4) is 0 Å². The van der Waals surface area contributed by atoms with Crippen molar-refractivity contribution in [1.29, 1.82) is 0 Å². The van der Waals surface area contributed by atoms with E-state index in [0.29, 0.717) is 18.4 Å². The fourth-order valence-corrected chi connectivity index (χ4v) is 2.60. The summed E-state index contributed by atoms with van der Waals surface area (Å²) in [5.41, 5.74) is 1.73. The molecule has 0 bridgehead atoms. The molecular weight excluding hydrogens is 291 g/mol. The Kier molecular flexibility index (Phi) is 5.59. The lowest BCUT2D eigenvalue weighted by Gasteiger charge is -2.17. The van der Waals surface area contributed by atoms with E-state index in [9.17, 15) is 9.50 Å². The highest BCUT2D eigenvalue weighted by Crippen LogP contribution is 2.26. The quantitative estimate of drug-likeness (QED) is 0.877. The summed E-state index contributed by atoms with van der Waals surface area (Å²) in [6.07, 6.45) is 1.17. The fraction of sp³-hybridized carbons (Fsp3) is 0.294. The number of aliphatic hydroxyl groups excluding tert-OH is 1. The molecular formula is C17H18ClFO2. The van der Waals surface area contributed by atoms with Crippen molar-refractivity contribution in [3.8, 4) is 5.75 Å². The van der Waals surface area contributed by atoms with Crippen LogP contribution >= 0.6 is 11.6 Å². The number of benzene rings is 2. The number of para-hydroxylation sites is 1. The van der Waals surface area contributed by atoms with Crippen LogP contribution in [0, 0.1) is 11.7 Å². The number of hydrogen-bond donors (Lipinski definition) is 1. The Morgan fingerprint density at radius 3 is 2.48 bits per heavy atom. The average Bonchev–Trinajstić information content (AvgIpc) is 2.51. The first-order chi connectivity index (χ1) is 10.2. The molecule has 0 spiro atoms. The van der Waals surface area contributed by atoms with Gasteiger partial charge >= 0.3 is 0 Å². The van der Waals surface area contributed by atoms with Gasteiger partial charge in [-0.2, -0.15) is 0 Å². The third kappa shape index (κ3) is 3.96. The van der Waals surface area contributed by atoms with Gasteiger partial charge in [0.25, 0.3) is 0 Å². The lowest BCUT2D eigenvalue weighted by atomic mass is 9.92. The first-order valence-electron chi connectivity index (χ1n) is 6.81. The van der Waals surface area contributed by atoms with E-state index < -0.39 is 5.82 Å². The highest BCUT2D eigenvalue weighted by Gasteiger charge is 2.15. The van der Waals surface area contributed by atoms with Crippen molar-refractivity contribution in [2.75, 3.05) is 13.7 Å². The predicted molar refractivity (Wildman–Crippen MR) is 82.4 cm³/mol. The predicted octanol–water partition coefficient (Wildman–Crippen LogP) is 3.88. The van der Waals surface area contributed by atoms with Crippen molar-refractivity contribution in [3.63, 3.8) is 0 Å². The topological polar surface area (TPSA) is 29.5 Å². The number of halogens is 2. The van der Waals surface area contributed by atoms with Crippen molar-refractivity contribution in [2.45, 2.75) is 12.8 Å². The first kappa shape index (κ1) is 15.8. The standard InChI is InChI=1S/C17H18ClFO2/c1-21-16-8-3-2-5-13(16)9-12(11-20)10-14-6-4-7-15(19)17(14)18/h2-8,12,20H,9-11H2,1H3. The maximum absolute atomic E-state index is 13.5. The van der Waals surface area contributed by atoms with Crippen LogP contribution in [0.4, 0.5) is 4.39 Å². The van der Waals surface area contributed by atoms with Crippen LogP contribution in [0.25, 0.3) is 0 Å². The van der Waals surface area contributed by atoms with E-state index in [2.05, 4.69) is 0 Å². The molecule has 2 aromatic carbocycles. The molecule has 112 valence electrons. The van der Waals surface area contributed by atoms with Gasteiger partial charge in [0.2, 0.25) is 0 Å². The Labute approximate surface area is 129 Å². The zero-order valence-corrected chi connectivity index (χ0v) is 12.6. The van der Waals surface area contributed by atoms with Gasteiger partial charge < -0.3 is 9.84 Å². The van der Waals surface area contributed by atoms with Crippen LogP contribution in [0.15, 0.2) is 42.5 Å². The molecule has 0 saturated carbocycles. The van der Waals surface area contributed by atoms with Gasteiger partial charge in [0.15, 0.2) is 0 Å². The van der Waals surface area contributed by atoms with E-state index in [-0.39, 0.29) is 17.5 Å². The molecule has 0 aliphatic heterocycles. The second-order valence-electron chi connectivity index (χ2n) is 4.98. The van der Waals surface area contributed by atoms with Crippen LogP contribution in [-0.2, 0) is 12.8 Å². The second-order valence-corrected chi connectivity index (χ2v) is 5.36. The molecule has 1 atom stereocenters. The van der Waals surface area contributed by atoms with E-state index in [1.165, 1.54) is 6.07 Å². The maximum atomic E-state index is 13.5. The largest absolute Gasteiger partial charge is 0.496 e. The minimum absolute atomic E-state index is 0.00485. The summed E-state index contributed by atoms with van der Waals surface area (Å²) < 4.78 is 18.8. The van der Waals surface area contributed by atoms with E-state index in [4.69, 9.17) is 16.3 Å². The Bertz CT molecular complexity index is 601. The SMILES string of the molecule is COc1ccccc1CC(CO)Cc1cccc(F)c1Cl. The molecule has 2 nitrogen and oxygen atoms in total. The van der Waals surface area contributed by atoms with Gasteiger partial charge in [-0.1, -0.05) is 41.9 Å². The molecule has 0 radical (unpaired) electrons. The molecule has 1 unspecified atom stereocenters. The average molecular weight is 309 g/mol. The maximum Gasteiger partial charge on any atom is 0.142 e. The molecule has 0 aliphatic rings. The lowest BCUT2D eigenvalue weighted by molar-refractivity contribution is 0.224.